The molecule has 4 heteroatoms. The van der Waals surface area contributed by atoms with Crippen molar-refractivity contribution < 1.29 is 9.53 Å². The van der Waals surface area contributed by atoms with E-state index in [9.17, 15) is 4.79 Å². The molecule has 1 amide bonds. The van der Waals surface area contributed by atoms with Gasteiger partial charge in [-0.2, -0.15) is 5.01 Å². The molecular formula is C7H10N2O2. The Bertz CT molecular complexity index is 199. The third-order valence-corrected chi connectivity index (χ3v) is 1.12. The summed E-state index contributed by atoms with van der Waals surface area (Å²) >= 11 is 0. The van der Waals surface area contributed by atoms with Crippen molar-refractivity contribution in [3.8, 4) is 0 Å². The smallest absolute Gasteiger partial charge is 0.432 e. The molecule has 0 spiro atoms. The topological polar surface area (TPSA) is 41.6 Å². The van der Waals surface area contributed by atoms with Crippen LogP contribution in [0.2, 0.25) is 0 Å². The Hall–Kier alpha value is -1.45. The average Bonchev–Trinajstić information content (AvgIpc) is 2.07. The summed E-state index contributed by atoms with van der Waals surface area (Å²) in [7, 11) is 0. The molecule has 1 rings (SSSR count). The summed E-state index contributed by atoms with van der Waals surface area (Å²) in [4.78, 5) is 11.0. The molecule has 1 aliphatic rings. The molecule has 0 saturated carbocycles. The van der Waals surface area contributed by atoms with Gasteiger partial charge in [-0.15, -0.1) is 0 Å². The van der Waals surface area contributed by atoms with Crippen molar-refractivity contribution in [2.24, 2.45) is 0 Å². The molecule has 4 nitrogen and oxygen atoms in total. The number of hydrogen-bond donors (Lipinski definition) is 1. The van der Waals surface area contributed by atoms with Gasteiger partial charge < -0.3 is 4.74 Å². The predicted molar refractivity (Wildman–Crippen MR) is 40.3 cm³/mol. The summed E-state index contributed by atoms with van der Waals surface area (Å²) in [6, 6.07) is 0. The lowest BCUT2D eigenvalue weighted by atomic mass is 10.5. The summed E-state index contributed by atoms with van der Waals surface area (Å²) in [5.41, 5.74) is 2.70. The van der Waals surface area contributed by atoms with Crippen LogP contribution in [0.5, 0.6) is 0 Å². The first-order valence-corrected chi connectivity index (χ1v) is 3.40. The van der Waals surface area contributed by atoms with Gasteiger partial charge in [-0.3, -0.25) is 5.43 Å². The highest BCUT2D eigenvalue weighted by Gasteiger charge is 2.09. The lowest BCUT2D eigenvalue weighted by Gasteiger charge is -2.18. The molecule has 0 aromatic carbocycles. The van der Waals surface area contributed by atoms with Gasteiger partial charge in [-0.1, -0.05) is 0 Å². The minimum absolute atomic E-state index is 0.383. The fourth-order valence-corrected chi connectivity index (χ4v) is 0.664. The van der Waals surface area contributed by atoms with Gasteiger partial charge in [0.15, 0.2) is 0 Å². The van der Waals surface area contributed by atoms with Gasteiger partial charge in [0.1, 0.15) is 0 Å². The number of ether oxygens (including phenoxy) is 1. The zero-order valence-electron chi connectivity index (χ0n) is 6.28. The number of allylic oxidation sites excluding steroid dienone is 2. The molecule has 0 aromatic rings. The monoisotopic (exact) mass is 154 g/mol. The van der Waals surface area contributed by atoms with Gasteiger partial charge in [-0.05, 0) is 19.1 Å². The summed E-state index contributed by atoms with van der Waals surface area (Å²) in [6.07, 6.45) is 6.38. The van der Waals surface area contributed by atoms with Gasteiger partial charge in [0.05, 0.1) is 6.61 Å². The number of amides is 1. The standard InChI is InChI=1S/C7H10N2O2/c1-2-11-7(10)9-6-4-3-5-8-9/h3-6,8H,2H2,1H3. The maximum absolute atomic E-state index is 11.0. The summed E-state index contributed by atoms with van der Waals surface area (Å²) < 4.78 is 4.72. The molecule has 0 aromatic heterocycles. The van der Waals surface area contributed by atoms with E-state index in [1.807, 2.05) is 0 Å². The zero-order valence-corrected chi connectivity index (χ0v) is 6.28. The fraction of sp³-hybridized carbons (Fsp3) is 0.286. The van der Waals surface area contributed by atoms with Crippen LogP contribution in [0.4, 0.5) is 4.79 Å². The Morgan fingerprint density at radius 3 is 3.00 bits per heavy atom. The zero-order chi connectivity index (χ0) is 8.10. The van der Waals surface area contributed by atoms with Gasteiger partial charge in [-0.25, -0.2) is 4.79 Å². The van der Waals surface area contributed by atoms with Crippen LogP contribution in [0.25, 0.3) is 0 Å². The first kappa shape index (κ1) is 7.65. The van der Waals surface area contributed by atoms with Crippen molar-refractivity contribution in [3.63, 3.8) is 0 Å². The second kappa shape index (κ2) is 3.65. The van der Waals surface area contributed by atoms with Gasteiger partial charge in [0, 0.05) is 12.4 Å². The van der Waals surface area contributed by atoms with E-state index in [0.29, 0.717) is 6.61 Å². The molecule has 0 saturated heterocycles. The van der Waals surface area contributed by atoms with Gasteiger partial charge in [0.2, 0.25) is 0 Å². The molecule has 0 fully saturated rings. The molecule has 0 atom stereocenters. The number of carbonyl (C=O) groups is 1. The van der Waals surface area contributed by atoms with Crippen LogP contribution in [0, 0.1) is 0 Å². The lowest BCUT2D eigenvalue weighted by molar-refractivity contribution is 0.112. The highest BCUT2D eigenvalue weighted by molar-refractivity contribution is 5.68. The van der Waals surface area contributed by atoms with E-state index in [1.54, 1.807) is 31.5 Å². The van der Waals surface area contributed by atoms with Crippen molar-refractivity contribution in [1.29, 1.82) is 0 Å². The third kappa shape index (κ3) is 2.00. The molecular weight excluding hydrogens is 144 g/mol. The normalized spacial score (nSPS) is 14.5. The maximum Gasteiger partial charge on any atom is 0.432 e. The molecule has 0 radical (unpaired) electrons. The number of hydrogen-bond acceptors (Lipinski definition) is 3. The quantitative estimate of drug-likeness (QED) is 0.612. The Labute approximate surface area is 65.1 Å². The third-order valence-electron chi connectivity index (χ3n) is 1.12. The number of hydrazine groups is 1. The van der Waals surface area contributed by atoms with Gasteiger partial charge >= 0.3 is 6.09 Å². The Morgan fingerprint density at radius 1 is 1.64 bits per heavy atom. The lowest BCUT2D eigenvalue weighted by Crippen LogP contribution is -2.36. The molecule has 0 unspecified atom stereocenters. The molecule has 1 N–H and O–H groups in total. The van der Waals surface area contributed by atoms with Crippen LogP contribution in [-0.2, 0) is 4.74 Å². The molecule has 60 valence electrons. The van der Waals surface area contributed by atoms with E-state index in [-0.39, 0.29) is 0 Å². The second-order valence-corrected chi connectivity index (χ2v) is 1.90. The highest BCUT2D eigenvalue weighted by atomic mass is 16.6. The van der Waals surface area contributed by atoms with E-state index in [1.165, 1.54) is 5.01 Å². The van der Waals surface area contributed by atoms with E-state index in [2.05, 4.69) is 5.43 Å². The number of nitrogens with zero attached hydrogens (tertiary/aromatic N) is 1. The van der Waals surface area contributed by atoms with Crippen LogP contribution < -0.4 is 5.43 Å². The van der Waals surface area contributed by atoms with Crippen molar-refractivity contribution in [3.05, 3.63) is 24.6 Å². The number of nitrogens with one attached hydrogen (secondary N) is 1. The Morgan fingerprint density at radius 2 is 2.45 bits per heavy atom. The van der Waals surface area contributed by atoms with Crippen molar-refractivity contribution in [2.45, 2.75) is 6.92 Å². The molecule has 1 heterocycles. The number of rotatable bonds is 1. The fourth-order valence-electron chi connectivity index (χ4n) is 0.664. The SMILES string of the molecule is CCOC(=O)N1C=CC=CN1. The van der Waals surface area contributed by atoms with E-state index in [0.717, 1.165) is 0 Å². The van der Waals surface area contributed by atoms with E-state index >= 15 is 0 Å². The summed E-state index contributed by atoms with van der Waals surface area (Å²) in [5, 5.41) is 1.27. The molecule has 11 heavy (non-hydrogen) atoms. The molecule has 1 aliphatic heterocycles. The van der Waals surface area contributed by atoms with Crippen molar-refractivity contribution >= 4 is 6.09 Å². The molecule has 0 bridgehead atoms. The second-order valence-electron chi connectivity index (χ2n) is 1.90. The van der Waals surface area contributed by atoms with E-state index in [4.69, 9.17) is 4.74 Å². The Balaban J connectivity index is 2.42. The number of carbonyl (C=O) groups excluding carboxylic acids is 1. The minimum atomic E-state index is -0.395. The summed E-state index contributed by atoms with van der Waals surface area (Å²) in [5.74, 6) is 0. The van der Waals surface area contributed by atoms with Crippen LogP contribution in [-0.4, -0.2) is 17.7 Å². The van der Waals surface area contributed by atoms with Crippen LogP contribution in [0.3, 0.4) is 0 Å². The first-order valence-electron chi connectivity index (χ1n) is 3.40. The minimum Gasteiger partial charge on any atom is -0.448 e. The highest BCUT2D eigenvalue weighted by Crippen LogP contribution is 1.95. The van der Waals surface area contributed by atoms with Crippen LogP contribution in [0.15, 0.2) is 24.6 Å². The van der Waals surface area contributed by atoms with Gasteiger partial charge in [0.25, 0.3) is 0 Å². The Kier molecular flexibility index (Phi) is 2.54. The average molecular weight is 154 g/mol. The summed E-state index contributed by atoms with van der Waals surface area (Å²) in [6.45, 7) is 2.15. The van der Waals surface area contributed by atoms with Crippen LogP contribution >= 0.6 is 0 Å². The van der Waals surface area contributed by atoms with Crippen LogP contribution in [0.1, 0.15) is 6.92 Å². The van der Waals surface area contributed by atoms with E-state index < -0.39 is 6.09 Å². The molecule has 0 aliphatic carbocycles. The first-order chi connectivity index (χ1) is 5.34. The largest absolute Gasteiger partial charge is 0.448 e. The maximum atomic E-state index is 11.0. The van der Waals surface area contributed by atoms with Crippen molar-refractivity contribution in [2.75, 3.05) is 6.61 Å². The predicted octanol–water partition coefficient (Wildman–Crippen LogP) is 0.990. The van der Waals surface area contributed by atoms with Crippen molar-refractivity contribution in [1.82, 2.24) is 10.4 Å².